The first-order chi connectivity index (χ1) is 18.1. The van der Waals surface area contributed by atoms with Gasteiger partial charge in [-0.3, -0.25) is 0 Å². The molecule has 5 heterocycles. The van der Waals surface area contributed by atoms with Gasteiger partial charge in [0.05, 0.1) is 36.9 Å². The molecule has 15 heteroatoms. The zero-order valence-electron chi connectivity index (χ0n) is 19.9. The van der Waals surface area contributed by atoms with Crippen LogP contribution in [0.25, 0.3) is 0 Å². The van der Waals surface area contributed by atoms with E-state index in [9.17, 15) is 26.3 Å². The minimum absolute atomic E-state index is 0.0389. The third-order valence-corrected chi connectivity index (χ3v) is 6.21. The van der Waals surface area contributed by atoms with Crippen molar-refractivity contribution in [3.63, 3.8) is 0 Å². The average Bonchev–Trinajstić information content (AvgIpc) is 3.11. The molecule has 0 atom stereocenters. The van der Waals surface area contributed by atoms with Gasteiger partial charge in [0, 0.05) is 44.4 Å². The molecule has 3 aromatic rings. The van der Waals surface area contributed by atoms with Crippen molar-refractivity contribution in [1.82, 2.24) is 24.9 Å². The highest BCUT2D eigenvalue weighted by Crippen LogP contribution is 2.36. The standard InChI is InChI=1S/C23H22F6N8O/c24-22(25,26)15-2-1-5-30-20(15)36-6-3-14-16(4-7-36)33-21(37-8-10-38-11-9-37)35-19(14)34-18-13-31-17(12-32-18)23(27,28)29/h1-2,5,12-13H,3-4,6-11H2,(H,32,33,34,35). The number of morpholine rings is 1. The molecule has 0 radical (unpaired) electrons. The first kappa shape index (κ1) is 25.9. The van der Waals surface area contributed by atoms with Crippen LogP contribution in [0, 0.1) is 0 Å². The Kier molecular flexibility index (Phi) is 6.94. The molecule has 0 unspecified atom stereocenters. The second kappa shape index (κ2) is 10.2. The lowest BCUT2D eigenvalue weighted by Gasteiger charge is -2.28. The minimum atomic E-state index is -4.63. The Morgan fingerprint density at radius 2 is 1.58 bits per heavy atom. The van der Waals surface area contributed by atoms with E-state index >= 15 is 0 Å². The number of pyridine rings is 1. The number of rotatable bonds is 4. The molecular formula is C23H22F6N8O. The van der Waals surface area contributed by atoms with E-state index in [2.05, 4.69) is 25.3 Å². The molecule has 0 bridgehead atoms. The van der Waals surface area contributed by atoms with Crippen LogP contribution in [-0.2, 0) is 29.9 Å². The van der Waals surface area contributed by atoms with Crippen molar-refractivity contribution in [3.05, 3.63) is 53.2 Å². The number of fused-ring (bicyclic) bond motifs is 1. The molecule has 1 saturated heterocycles. The summed E-state index contributed by atoms with van der Waals surface area (Å²) in [4.78, 5) is 24.1. The Morgan fingerprint density at radius 1 is 0.816 bits per heavy atom. The highest BCUT2D eigenvalue weighted by molar-refractivity contribution is 5.60. The fraction of sp³-hybridized carbons (Fsp3) is 0.435. The summed E-state index contributed by atoms with van der Waals surface area (Å²) in [5, 5.41) is 2.94. The normalized spacial score (nSPS) is 16.7. The molecule has 0 aromatic carbocycles. The lowest BCUT2D eigenvalue weighted by atomic mass is 10.1. The fourth-order valence-corrected chi connectivity index (χ4v) is 4.34. The summed E-state index contributed by atoms with van der Waals surface area (Å²) in [6.45, 7) is 2.44. The second-order valence-corrected chi connectivity index (χ2v) is 8.67. The molecule has 1 N–H and O–H groups in total. The van der Waals surface area contributed by atoms with Gasteiger partial charge in [-0.05, 0) is 18.6 Å². The zero-order valence-corrected chi connectivity index (χ0v) is 19.9. The van der Waals surface area contributed by atoms with Crippen molar-refractivity contribution in [2.24, 2.45) is 0 Å². The number of hydrogen-bond donors (Lipinski definition) is 1. The van der Waals surface area contributed by atoms with Crippen molar-refractivity contribution < 1.29 is 31.1 Å². The van der Waals surface area contributed by atoms with Crippen molar-refractivity contribution in [1.29, 1.82) is 0 Å². The summed E-state index contributed by atoms with van der Waals surface area (Å²) in [6, 6.07) is 2.24. The van der Waals surface area contributed by atoms with Crippen LogP contribution >= 0.6 is 0 Å². The first-order valence-electron chi connectivity index (χ1n) is 11.8. The number of aromatic nitrogens is 5. The number of halogens is 6. The molecule has 9 nitrogen and oxygen atoms in total. The second-order valence-electron chi connectivity index (χ2n) is 8.67. The maximum Gasteiger partial charge on any atom is 0.434 e. The van der Waals surface area contributed by atoms with E-state index in [0.717, 1.165) is 12.3 Å². The van der Waals surface area contributed by atoms with Gasteiger partial charge >= 0.3 is 12.4 Å². The molecular weight excluding hydrogens is 518 g/mol. The average molecular weight is 540 g/mol. The monoisotopic (exact) mass is 540 g/mol. The smallest absolute Gasteiger partial charge is 0.378 e. The van der Waals surface area contributed by atoms with Crippen LogP contribution in [0.5, 0.6) is 0 Å². The van der Waals surface area contributed by atoms with Crippen LogP contribution in [-0.4, -0.2) is 64.3 Å². The summed E-state index contributed by atoms with van der Waals surface area (Å²) in [5.74, 6) is 0.565. The number of ether oxygens (including phenoxy) is 1. The minimum Gasteiger partial charge on any atom is -0.378 e. The van der Waals surface area contributed by atoms with Gasteiger partial charge in [-0.25, -0.2) is 19.9 Å². The molecule has 0 amide bonds. The van der Waals surface area contributed by atoms with E-state index in [1.165, 1.54) is 12.3 Å². The predicted octanol–water partition coefficient (Wildman–Crippen LogP) is 3.88. The van der Waals surface area contributed by atoms with Gasteiger partial charge in [0.2, 0.25) is 5.95 Å². The van der Waals surface area contributed by atoms with Crippen LogP contribution in [0.3, 0.4) is 0 Å². The summed E-state index contributed by atoms with van der Waals surface area (Å²) >= 11 is 0. The van der Waals surface area contributed by atoms with E-state index in [-0.39, 0.29) is 31.1 Å². The van der Waals surface area contributed by atoms with Crippen LogP contribution < -0.4 is 15.1 Å². The predicted molar refractivity (Wildman–Crippen MR) is 124 cm³/mol. The van der Waals surface area contributed by atoms with E-state index in [4.69, 9.17) is 9.72 Å². The van der Waals surface area contributed by atoms with Gasteiger partial charge in [-0.2, -0.15) is 31.3 Å². The van der Waals surface area contributed by atoms with Crippen LogP contribution in [0.1, 0.15) is 22.5 Å². The third kappa shape index (κ3) is 5.56. The highest BCUT2D eigenvalue weighted by atomic mass is 19.4. The number of anilines is 4. The molecule has 1 fully saturated rings. The molecule has 38 heavy (non-hydrogen) atoms. The van der Waals surface area contributed by atoms with Crippen molar-refractivity contribution in [3.8, 4) is 0 Å². The van der Waals surface area contributed by atoms with Crippen LogP contribution in [0.4, 0.5) is 49.7 Å². The number of alkyl halides is 6. The summed E-state index contributed by atoms with van der Waals surface area (Å²) < 4.78 is 85.0. The SMILES string of the molecule is FC(F)(F)c1cnc(Nc2nc(N3CCOCC3)nc3c2CCN(c2ncccc2C(F)(F)F)CC3)cn1. The molecule has 0 aliphatic carbocycles. The van der Waals surface area contributed by atoms with Crippen molar-refractivity contribution in [2.45, 2.75) is 25.2 Å². The van der Waals surface area contributed by atoms with E-state index in [0.29, 0.717) is 61.9 Å². The maximum atomic E-state index is 13.6. The fourth-order valence-electron chi connectivity index (χ4n) is 4.34. The molecule has 2 aliphatic heterocycles. The number of nitrogens with zero attached hydrogens (tertiary/aromatic N) is 7. The molecule has 202 valence electrons. The molecule has 0 saturated carbocycles. The highest BCUT2D eigenvalue weighted by Gasteiger charge is 2.36. The number of hydrogen-bond acceptors (Lipinski definition) is 9. The van der Waals surface area contributed by atoms with E-state index in [1.807, 2.05) is 4.90 Å². The first-order valence-corrected chi connectivity index (χ1v) is 11.8. The maximum absolute atomic E-state index is 13.6. The summed E-state index contributed by atoms with van der Waals surface area (Å²) in [7, 11) is 0. The number of nitrogens with one attached hydrogen (secondary N) is 1. The molecule has 2 aliphatic rings. The van der Waals surface area contributed by atoms with Crippen molar-refractivity contribution >= 4 is 23.4 Å². The molecule has 3 aromatic heterocycles. The summed E-state index contributed by atoms with van der Waals surface area (Å²) in [6.07, 6.45) is -5.75. The van der Waals surface area contributed by atoms with Gasteiger partial charge in [-0.1, -0.05) is 0 Å². The Hall–Kier alpha value is -3.75. The van der Waals surface area contributed by atoms with Crippen LogP contribution in [0.2, 0.25) is 0 Å². The Labute approximate surface area is 212 Å². The van der Waals surface area contributed by atoms with E-state index in [1.54, 1.807) is 4.90 Å². The van der Waals surface area contributed by atoms with Gasteiger partial charge in [-0.15, -0.1) is 0 Å². The largest absolute Gasteiger partial charge is 0.434 e. The Morgan fingerprint density at radius 3 is 2.26 bits per heavy atom. The van der Waals surface area contributed by atoms with Crippen molar-refractivity contribution in [2.75, 3.05) is 54.5 Å². The van der Waals surface area contributed by atoms with Gasteiger partial charge in [0.15, 0.2) is 5.69 Å². The molecule has 0 spiro atoms. The van der Waals surface area contributed by atoms with Gasteiger partial charge in [0.1, 0.15) is 17.5 Å². The molecule has 5 rings (SSSR count). The quantitative estimate of drug-likeness (QED) is 0.495. The van der Waals surface area contributed by atoms with Gasteiger partial charge < -0.3 is 19.9 Å². The van der Waals surface area contributed by atoms with E-state index < -0.39 is 23.6 Å². The Bertz CT molecular complexity index is 1280. The zero-order chi connectivity index (χ0) is 26.9. The topological polar surface area (TPSA) is 92.2 Å². The third-order valence-electron chi connectivity index (χ3n) is 6.21. The van der Waals surface area contributed by atoms with Gasteiger partial charge in [0.25, 0.3) is 0 Å². The Balaban J connectivity index is 1.48. The lowest BCUT2D eigenvalue weighted by molar-refractivity contribution is -0.141. The lowest BCUT2D eigenvalue weighted by Crippen LogP contribution is -2.37. The summed E-state index contributed by atoms with van der Waals surface area (Å²) in [5.41, 5.74) is -0.707. The van der Waals surface area contributed by atoms with Crippen LogP contribution in [0.15, 0.2) is 30.7 Å².